The molecule has 1 N–H and O–H groups in total. The number of hydrogen-bond acceptors (Lipinski definition) is 5. The van der Waals surface area contributed by atoms with E-state index in [-0.39, 0.29) is 0 Å². The minimum absolute atomic E-state index is 0.368. The van der Waals surface area contributed by atoms with E-state index in [0.29, 0.717) is 12.5 Å². The van der Waals surface area contributed by atoms with Crippen LogP contribution in [-0.2, 0) is 13.0 Å². The van der Waals surface area contributed by atoms with Gasteiger partial charge in [-0.2, -0.15) is 5.21 Å². The predicted octanol–water partition coefficient (Wildman–Crippen LogP) is 5.23. The number of nitrogens with one attached hydrogen (secondary N) is 1. The van der Waals surface area contributed by atoms with Crippen molar-refractivity contribution in [2.24, 2.45) is 0 Å². The standard InChI is InChI=1S/C24H27N5O/c1-2-7-20(24-26-28-29-27-24)11-5-8-18-9-6-12-22(16-18)30-17-21-15-14-19-10-3-4-13-23(19)25-21/h3-4,6,9-10,12-16,20H,2,5,7-8,11,17H2,1H3,(H,26,27,28,29). The summed E-state index contributed by atoms with van der Waals surface area (Å²) in [6.07, 6.45) is 5.34. The Hall–Kier alpha value is -3.28. The average Bonchev–Trinajstić information content (AvgIpc) is 3.32. The van der Waals surface area contributed by atoms with Gasteiger partial charge in [0.05, 0.1) is 11.2 Å². The van der Waals surface area contributed by atoms with Crippen LogP contribution in [0.5, 0.6) is 5.75 Å². The normalized spacial score (nSPS) is 12.2. The Morgan fingerprint density at radius 3 is 2.80 bits per heavy atom. The maximum Gasteiger partial charge on any atom is 0.177 e. The second kappa shape index (κ2) is 9.96. The van der Waals surface area contributed by atoms with Crippen molar-refractivity contribution in [2.45, 2.75) is 51.6 Å². The zero-order valence-electron chi connectivity index (χ0n) is 17.3. The van der Waals surface area contributed by atoms with E-state index in [0.717, 1.165) is 60.3 Å². The quantitative estimate of drug-likeness (QED) is 0.393. The van der Waals surface area contributed by atoms with Crippen LogP contribution in [0.15, 0.2) is 60.7 Å². The number of para-hydroxylation sites is 1. The first-order valence-electron chi connectivity index (χ1n) is 10.6. The van der Waals surface area contributed by atoms with Crippen molar-refractivity contribution >= 4 is 10.9 Å². The van der Waals surface area contributed by atoms with Crippen molar-refractivity contribution in [3.8, 4) is 5.75 Å². The first-order valence-corrected chi connectivity index (χ1v) is 10.6. The van der Waals surface area contributed by atoms with Crippen molar-refractivity contribution in [2.75, 3.05) is 0 Å². The Kier molecular flexibility index (Phi) is 6.65. The molecule has 0 aliphatic heterocycles. The molecule has 0 spiro atoms. The number of pyridine rings is 1. The number of hydrogen-bond donors (Lipinski definition) is 1. The summed E-state index contributed by atoms with van der Waals surface area (Å²) in [6, 6.07) is 20.6. The number of nitrogens with zero attached hydrogens (tertiary/aromatic N) is 4. The number of tetrazole rings is 1. The van der Waals surface area contributed by atoms with E-state index in [1.54, 1.807) is 0 Å². The molecule has 2 aromatic carbocycles. The van der Waals surface area contributed by atoms with Gasteiger partial charge < -0.3 is 4.74 Å². The lowest BCUT2D eigenvalue weighted by Gasteiger charge is -2.12. The van der Waals surface area contributed by atoms with E-state index >= 15 is 0 Å². The molecule has 0 amide bonds. The Morgan fingerprint density at radius 2 is 1.93 bits per heavy atom. The molecule has 1 unspecified atom stereocenters. The molecule has 0 saturated heterocycles. The fourth-order valence-electron chi connectivity index (χ4n) is 3.78. The molecule has 4 aromatic rings. The molecule has 4 rings (SSSR count). The molecule has 0 bridgehead atoms. The van der Waals surface area contributed by atoms with Crippen LogP contribution in [-0.4, -0.2) is 25.6 Å². The van der Waals surface area contributed by atoms with Crippen molar-refractivity contribution < 1.29 is 4.74 Å². The van der Waals surface area contributed by atoms with Crippen LogP contribution in [0.2, 0.25) is 0 Å². The second-order valence-electron chi connectivity index (χ2n) is 7.58. The third-order valence-electron chi connectivity index (χ3n) is 5.32. The molecule has 0 saturated carbocycles. The smallest absolute Gasteiger partial charge is 0.177 e. The fraction of sp³-hybridized carbons (Fsp3) is 0.333. The summed E-state index contributed by atoms with van der Waals surface area (Å²) in [6.45, 7) is 2.66. The largest absolute Gasteiger partial charge is 0.487 e. The maximum absolute atomic E-state index is 6.01. The molecule has 0 radical (unpaired) electrons. The van der Waals surface area contributed by atoms with Gasteiger partial charge >= 0.3 is 0 Å². The van der Waals surface area contributed by atoms with Crippen LogP contribution in [0.4, 0.5) is 0 Å². The molecule has 6 heteroatoms. The number of aryl methyl sites for hydroxylation is 1. The zero-order valence-corrected chi connectivity index (χ0v) is 17.3. The van der Waals surface area contributed by atoms with Gasteiger partial charge in [0.25, 0.3) is 0 Å². The molecular formula is C24H27N5O. The highest BCUT2D eigenvalue weighted by atomic mass is 16.5. The van der Waals surface area contributed by atoms with Crippen molar-refractivity contribution in [3.05, 3.63) is 77.7 Å². The molecule has 2 heterocycles. The van der Waals surface area contributed by atoms with Gasteiger partial charge in [0, 0.05) is 11.3 Å². The summed E-state index contributed by atoms with van der Waals surface area (Å²) < 4.78 is 6.01. The molecule has 2 aromatic heterocycles. The van der Waals surface area contributed by atoms with E-state index in [1.807, 2.05) is 30.3 Å². The van der Waals surface area contributed by atoms with Crippen LogP contribution in [0, 0.1) is 0 Å². The monoisotopic (exact) mass is 401 g/mol. The number of rotatable bonds is 10. The maximum atomic E-state index is 6.01. The number of fused-ring (bicyclic) bond motifs is 1. The van der Waals surface area contributed by atoms with Crippen LogP contribution in [0.25, 0.3) is 10.9 Å². The Bertz CT molecular complexity index is 1060. The number of ether oxygens (including phenoxy) is 1. The summed E-state index contributed by atoms with van der Waals surface area (Å²) in [7, 11) is 0. The lowest BCUT2D eigenvalue weighted by Crippen LogP contribution is -2.03. The first kappa shape index (κ1) is 20.0. The molecule has 0 aliphatic carbocycles. The summed E-state index contributed by atoms with van der Waals surface area (Å²) in [5.41, 5.74) is 3.21. The molecule has 0 aliphatic rings. The van der Waals surface area contributed by atoms with E-state index in [1.165, 1.54) is 5.56 Å². The first-order chi connectivity index (χ1) is 14.8. The number of benzene rings is 2. The molecule has 154 valence electrons. The Balaban J connectivity index is 1.32. The Labute approximate surface area is 176 Å². The van der Waals surface area contributed by atoms with Gasteiger partial charge in [0.1, 0.15) is 12.4 Å². The van der Waals surface area contributed by atoms with Gasteiger partial charge in [-0.1, -0.05) is 55.0 Å². The molecule has 30 heavy (non-hydrogen) atoms. The van der Waals surface area contributed by atoms with Gasteiger partial charge in [-0.05, 0) is 55.5 Å². The highest BCUT2D eigenvalue weighted by molar-refractivity contribution is 5.78. The van der Waals surface area contributed by atoms with Gasteiger partial charge in [-0.3, -0.25) is 0 Å². The summed E-state index contributed by atoms with van der Waals surface area (Å²) in [5, 5.41) is 15.8. The van der Waals surface area contributed by atoms with Gasteiger partial charge in [-0.15, -0.1) is 10.2 Å². The average molecular weight is 402 g/mol. The second-order valence-corrected chi connectivity index (χ2v) is 7.58. The lowest BCUT2D eigenvalue weighted by atomic mass is 9.95. The van der Waals surface area contributed by atoms with E-state index in [9.17, 15) is 0 Å². The molecular weight excluding hydrogens is 374 g/mol. The highest BCUT2D eigenvalue weighted by Gasteiger charge is 2.15. The van der Waals surface area contributed by atoms with Crippen LogP contribution >= 0.6 is 0 Å². The van der Waals surface area contributed by atoms with E-state index < -0.39 is 0 Å². The van der Waals surface area contributed by atoms with Crippen molar-refractivity contribution in [1.82, 2.24) is 25.6 Å². The van der Waals surface area contributed by atoms with Crippen LogP contribution in [0.3, 0.4) is 0 Å². The highest BCUT2D eigenvalue weighted by Crippen LogP contribution is 2.24. The molecule has 0 fully saturated rings. The van der Waals surface area contributed by atoms with E-state index in [2.05, 4.69) is 62.9 Å². The fourth-order valence-corrected chi connectivity index (χ4v) is 3.78. The lowest BCUT2D eigenvalue weighted by molar-refractivity contribution is 0.301. The molecule has 6 nitrogen and oxygen atoms in total. The van der Waals surface area contributed by atoms with Crippen LogP contribution < -0.4 is 4.74 Å². The third-order valence-corrected chi connectivity index (χ3v) is 5.32. The summed E-state index contributed by atoms with van der Waals surface area (Å²) in [5.74, 6) is 2.08. The summed E-state index contributed by atoms with van der Waals surface area (Å²) in [4.78, 5) is 4.68. The summed E-state index contributed by atoms with van der Waals surface area (Å²) >= 11 is 0. The predicted molar refractivity (Wildman–Crippen MR) is 117 cm³/mol. The van der Waals surface area contributed by atoms with Gasteiger partial charge in [0.15, 0.2) is 5.82 Å². The van der Waals surface area contributed by atoms with Gasteiger partial charge in [-0.25, -0.2) is 4.98 Å². The van der Waals surface area contributed by atoms with Crippen molar-refractivity contribution in [3.63, 3.8) is 0 Å². The number of H-pyrrole nitrogens is 1. The minimum Gasteiger partial charge on any atom is -0.487 e. The SMILES string of the molecule is CCCC(CCCc1cccc(OCc2ccc3ccccc3n2)c1)c1nn[nH]n1. The van der Waals surface area contributed by atoms with Crippen LogP contribution in [0.1, 0.15) is 55.6 Å². The number of aromatic amines is 1. The minimum atomic E-state index is 0.368. The topological polar surface area (TPSA) is 76.6 Å². The van der Waals surface area contributed by atoms with E-state index in [4.69, 9.17) is 4.74 Å². The number of aromatic nitrogens is 5. The van der Waals surface area contributed by atoms with Crippen molar-refractivity contribution in [1.29, 1.82) is 0 Å². The van der Waals surface area contributed by atoms with Gasteiger partial charge in [0.2, 0.25) is 0 Å². The Morgan fingerprint density at radius 1 is 1.00 bits per heavy atom. The zero-order chi connectivity index (χ0) is 20.6. The third kappa shape index (κ3) is 5.20. The molecule has 1 atom stereocenters.